The van der Waals surface area contributed by atoms with Crippen LogP contribution in [0.2, 0.25) is 0 Å². The molecule has 0 saturated carbocycles. The van der Waals surface area contributed by atoms with Crippen molar-refractivity contribution in [3.63, 3.8) is 0 Å². The quantitative estimate of drug-likeness (QED) is 0.906. The first-order chi connectivity index (χ1) is 6.84. The fraction of sp³-hybridized carbons (Fsp3) is 0.500. The zero-order valence-corrected chi connectivity index (χ0v) is 11.9. The molecule has 0 atom stereocenters. The van der Waals surface area contributed by atoms with Gasteiger partial charge in [0.1, 0.15) is 6.10 Å². The van der Waals surface area contributed by atoms with Crippen molar-refractivity contribution in [3.05, 3.63) is 22.8 Å². The molecule has 0 spiro atoms. The normalized spacial score (nSPS) is 15.8. The van der Waals surface area contributed by atoms with Gasteiger partial charge in [-0.15, -0.1) is 24.8 Å². The van der Waals surface area contributed by atoms with Crippen LogP contribution in [0.25, 0.3) is 0 Å². The molecule has 3 nitrogen and oxygen atoms in total. The number of halogens is 3. The van der Waals surface area contributed by atoms with Gasteiger partial charge in [-0.2, -0.15) is 0 Å². The predicted molar refractivity (Wildman–Crippen MR) is 73.0 cm³/mol. The van der Waals surface area contributed by atoms with Gasteiger partial charge in [-0.05, 0) is 47.9 Å². The van der Waals surface area contributed by atoms with E-state index in [0.717, 1.165) is 36.3 Å². The molecule has 16 heavy (non-hydrogen) atoms. The zero-order valence-electron chi connectivity index (χ0n) is 8.69. The van der Waals surface area contributed by atoms with E-state index < -0.39 is 0 Å². The Labute approximate surface area is 116 Å². The molecule has 92 valence electrons. The number of nitrogens with one attached hydrogen (secondary N) is 1. The van der Waals surface area contributed by atoms with Crippen molar-refractivity contribution in [1.29, 1.82) is 0 Å². The lowest BCUT2D eigenvalue weighted by Crippen LogP contribution is -2.34. The standard InChI is InChI=1S/C10H13BrN2O.2ClH/c11-8-1-2-10(13-7-8)14-9-3-5-12-6-4-9;;/h1-2,7,9,12H,3-6H2;2*1H. The first kappa shape index (κ1) is 16.0. The molecular weight excluding hydrogens is 315 g/mol. The fourth-order valence-electron chi connectivity index (χ4n) is 1.52. The first-order valence-corrected chi connectivity index (χ1v) is 5.63. The highest BCUT2D eigenvalue weighted by molar-refractivity contribution is 9.10. The Balaban J connectivity index is 0.00000112. The second-order valence-corrected chi connectivity index (χ2v) is 4.30. The van der Waals surface area contributed by atoms with E-state index in [0.29, 0.717) is 6.10 Å². The molecule has 0 radical (unpaired) electrons. The van der Waals surface area contributed by atoms with Crippen molar-refractivity contribution < 1.29 is 4.74 Å². The van der Waals surface area contributed by atoms with Crippen LogP contribution in [0, 0.1) is 0 Å². The minimum atomic E-state index is 0. The molecule has 1 aliphatic rings. The van der Waals surface area contributed by atoms with Gasteiger partial charge in [0.2, 0.25) is 5.88 Å². The van der Waals surface area contributed by atoms with E-state index in [1.165, 1.54) is 0 Å². The SMILES string of the molecule is Brc1ccc(OC2CCNCC2)nc1.Cl.Cl. The summed E-state index contributed by atoms with van der Waals surface area (Å²) in [6.45, 7) is 2.09. The minimum absolute atomic E-state index is 0. The van der Waals surface area contributed by atoms with Gasteiger partial charge < -0.3 is 10.1 Å². The van der Waals surface area contributed by atoms with Gasteiger partial charge in [0.05, 0.1) is 0 Å². The molecule has 2 heterocycles. The first-order valence-electron chi connectivity index (χ1n) is 4.83. The molecule has 1 aromatic rings. The third-order valence-corrected chi connectivity index (χ3v) is 2.74. The van der Waals surface area contributed by atoms with Crippen molar-refractivity contribution in [2.45, 2.75) is 18.9 Å². The van der Waals surface area contributed by atoms with Gasteiger partial charge in [0.15, 0.2) is 0 Å². The number of aromatic nitrogens is 1. The maximum atomic E-state index is 5.74. The summed E-state index contributed by atoms with van der Waals surface area (Å²) in [6.07, 6.45) is 4.22. The molecule has 6 heteroatoms. The maximum Gasteiger partial charge on any atom is 0.213 e. The van der Waals surface area contributed by atoms with E-state index in [9.17, 15) is 0 Å². The number of nitrogens with zero attached hydrogens (tertiary/aromatic N) is 1. The van der Waals surface area contributed by atoms with Crippen LogP contribution in [0.4, 0.5) is 0 Å². The third-order valence-electron chi connectivity index (χ3n) is 2.27. The fourth-order valence-corrected chi connectivity index (χ4v) is 1.75. The molecule has 2 rings (SSSR count). The molecular formula is C10H15BrCl2N2O. The van der Waals surface area contributed by atoms with Crippen LogP contribution in [0.1, 0.15) is 12.8 Å². The number of rotatable bonds is 2. The summed E-state index contributed by atoms with van der Waals surface area (Å²) in [5.74, 6) is 0.722. The Morgan fingerprint density at radius 3 is 2.50 bits per heavy atom. The number of piperidine rings is 1. The van der Waals surface area contributed by atoms with Crippen LogP contribution >= 0.6 is 40.7 Å². The van der Waals surface area contributed by atoms with E-state index in [-0.39, 0.29) is 24.8 Å². The molecule has 0 bridgehead atoms. The molecule has 1 fully saturated rings. The molecule has 0 unspecified atom stereocenters. The van der Waals surface area contributed by atoms with Crippen LogP contribution in [0.3, 0.4) is 0 Å². The molecule has 0 aliphatic carbocycles. The Bertz CT molecular complexity index is 291. The number of pyridine rings is 1. The highest BCUT2D eigenvalue weighted by Gasteiger charge is 2.14. The molecule has 0 aromatic carbocycles. The average Bonchev–Trinajstić information content (AvgIpc) is 2.23. The van der Waals surface area contributed by atoms with Crippen LogP contribution in [0.15, 0.2) is 22.8 Å². The summed E-state index contributed by atoms with van der Waals surface area (Å²) >= 11 is 3.34. The molecule has 1 saturated heterocycles. The van der Waals surface area contributed by atoms with Crippen molar-refractivity contribution >= 4 is 40.7 Å². The van der Waals surface area contributed by atoms with Crippen molar-refractivity contribution in [3.8, 4) is 5.88 Å². The van der Waals surface area contributed by atoms with Crippen molar-refractivity contribution in [2.75, 3.05) is 13.1 Å². The summed E-state index contributed by atoms with van der Waals surface area (Å²) in [6, 6.07) is 3.84. The third kappa shape index (κ3) is 4.87. The van der Waals surface area contributed by atoms with Crippen molar-refractivity contribution in [1.82, 2.24) is 10.3 Å². The lowest BCUT2D eigenvalue weighted by molar-refractivity contribution is 0.156. The zero-order chi connectivity index (χ0) is 9.80. The number of ether oxygens (including phenoxy) is 1. The summed E-state index contributed by atoms with van der Waals surface area (Å²) in [5.41, 5.74) is 0. The topological polar surface area (TPSA) is 34.1 Å². The second kappa shape index (κ2) is 8.12. The van der Waals surface area contributed by atoms with E-state index >= 15 is 0 Å². The molecule has 1 N–H and O–H groups in total. The van der Waals surface area contributed by atoms with Crippen LogP contribution in [-0.2, 0) is 0 Å². The Hall–Kier alpha value is -0.0300. The van der Waals surface area contributed by atoms with Gasteiger partial charge in [0.25, 0.3) is 0 Å². The van der Waals surface area contributed by atoms with Gasteiger partial charge in [-0.1, -0.05) is 0 Å². The average molecular weight is 330 g/mol. The lowest BCUT2D eigenvalue weighted by atomic mass is 10.1. The van der Waals surface area contributed by atoms with Crippen LogP contribution < -0.4 is 10.1 Å². The minimum Gasteiger partial charge on any atom is -0.474 e. The predicted octanol–water partition coefficient (Wildman–Crippen LogP) is 2.82. The number of hydrogen-bond acceptors (Lipinski definition) is 3. The lowest BCUT2D eigenvalue weighted by Gasteiger charge is -2.23. The smallest absolute Gasteiger partial charge is 0.213 e. The summed E-state index contributed by atoms with van der Waals surface area (Å²) in [5, 5.41) is 3.30. The second-order valence-electron chi connectivity index (χ2n) is 3.38. The van der Waals surface area contributed by atoms with Crippen LogP contribution in [-0.4, -0.2) is 24.2 Å². The van der Waals surface area contributed by atoms with Gasteiger partial charge >= 0.3 is 0 Å². The molecule has 0 amide bonds. The largest absolute Gasteiger partial charge is 0.474 e. The van der Waals surface area contributed by atoms with Crippen LogP contribution in [0.5, 0.6) is 5.88 Å². The molecule has 1 aromatic heterocycles. The highest BCUT2D eigenvalue weighted by Crippen LogP contribution is 2.16. The van der Waals surface area contributed by atoms with Gasteiger partial charge in [-0.25, -0.2) is 4.98 Å². The van der Waals surface area contributed by atoms with Crippen molar-refractivity contribution in [2.24, 2.45) is 0 Å². The van der Waals surface area contributed by atoms with Gasteiger partial charge in [0, 0.05) is 16.7 Å². The van der Waals surface area contributed by atoms with E-state index in [1.807, 2.05) is 12.1 Å². The summed E-state index contributed by atoms with van der Waals surface area (Å²) < 4.78 is 6.72. The van der Waals surface area contributed by atoms with E-state index in [1.54, 1.807) is 6.20 Å². The highest BCUT2D eigenvalue weighted by atomic mass is 79.9. The Morgan fingerprint density at radius 1 is 1.25 bits per heavy atom. The Kier molecular flexibility index (Phi) is 8.10. The summed E-state index contributed by atoms with van der Waals surface area (Å²) in [4.78, 5) is 4.18. The summed E-state index contributed by atoms with van der Waals surface area (Å²) in [7, 11) is 0. The maximum absolute atomic E-state index is 5.74. The number of hydrogen-bond donors (Lipinski definition) is 1. The van der Waals surface area contributed by atoms with Gasteiger partial charge in [-0.3, -0.25) is 0 Å². The Morgan fingerprint density at radius 2 is 1.94 bits per heavy atom. The monoisotopic (exact) mass is 328 g/mol. The molecule has 1 aliphatic heterocycles. The van der Waals surface area contributed by atoms with E-state index in [2.05, 4.69) is 26.2 Å². The van der Waals surface area contributed by atoms with E-state index in [4.69, 9.17) is 4.74 Å².